The van der Waals surface area contributed by atoms with Gasteiger partial charge < -0.3 is 0 Å². The van der Waals surface area contributed by atoms with E-state index in [1.807, 2.05) is 0 Å². The van der Waals surface area contributed by atoms with Crippen molar-refractivity contribution in [3.05, 3.63) is 34.9 Å². The number of aryl methyl sites for hydroxylation is 1. The second kappa shape index (κ2) is 5.53. The molecule has 1 aliphatic heterocycles. The molecule has 2 heteroatoms. The number of carbonyl (C=O) groups excluding carboxylic acids is 1. The van der Waals surface area contributed by atoms with Crippen molar-refractivity contribution in [1.82, 2.24) is 0 Å². The molecule has 4 fully saturated rings. The standard InChI is InChI=1S/C24H31NO/c1-15-4-5-20-19(6-15)14-23(2,3)25-21(20)10-22(26)24-11-16-7-17(12-24)9-18(8-16)13-24/h4-6,16-18H,7-14H2,1-3H3. The number of hydrogen-bond donors (Lipinski definition) is 0. The van der Waals surface area contributed by atoms with Crippen LogP contribution in [0.5, 0.6) is 0 Å². The van der Waals surface area contributed by atoms with Gasteiger partial charge in [-0.15, -0.1) is 0 Å². The molecule has 0 saturated heterocycles. The van der Waals surface area contributed by atoms with Gasteiger partial charge >= 0.3 is 0 Å². The van der Waals surface area contributed by atoms with Crippen LogP contribution in [0.4, 0.5) is 0 Å². The molecule has 1 aromatic carbocycles. The lowest BCUT2D eigenvalue weighted by molar-refractivity contribution is -0.142. The smallest absolute Gasteiger partial charge is 0.145 e. The zero-order chi connectivity index (χ0) is 18.1. The normalized spacial score (nSPS) is 36.6. The van der Waals surface area contributed by atoms with Crippen LogP contribution >= 0.6 is 0 Å². The topological polar surface area (TPSA) is 29.4 Å². The number of hydrogen-bond acceptors (Lipinski definition) is 2. The van der Waals surface area contributed by atoms with Crippen LogP contribution in [-0.2, 0) is 11.2 Å². The molecule has 6 rings (SSSR count). The highest BCUT2D eigenvalue weighted by atomic mass is 16.1. The fourth-order valence-corrected chi connectivity index (χ4v) is 7.01. The molecule has 0 spiro atoms. The number of fused-ring (bicyclic) bond motifs is 1. The van der Waals surface area contributed by atoms with E-state index in [2.05, 4.69) is 39.0 Å². The molecule has 4 aliphatic carbocycles. The Kier molecular flexibility index (Phi) is 3.56. The van der Waals surface area contributed by atoms with Gasteiger partial charge in [-0.3, -0.25) is 9.79 Å². The van der Waals surface area contributed by atoms with Crippen molar-refractivity contribution in [3.8, 4) is 0 Å². The molecule has 0 unspecified atom stereocenters. The molecule has 1 heterocycles. The van der Waals surface area contributed by atoms with Crippen molar-refractivity contribution in [2.24, 2.45) is 28.2 Å². The summed E-state index contributed by atoms with van der Waals surface area (Å²) in [5.74, 6) is 2.97. The SMILES string of the molecule is Cc1ccc2c(c1)CC(C)(C)N=C2CC(=O)C12CC3CC(CC(C3)C1)C2. The van der Waals surface area contributed by atoms with Crippen molar-refractivity contribution >= 4 is 11.5 Å². The molecule has 5 aliphatic rings. The van der Waals surface area contributed by atoms with Crippen molar-refractivity contribution in [3.63, 3.8) is 0 Å². The summed E-state index contributed by atoms with van der Waals surface area (Å²) in [6.07, 6.45) is 9.18. The Labute approximate surface area is 157 Å². The summed E-state index contributed by atoms with van der Waals surface area (Å²) < 4.78 is 0. The van der Waals surface area contributed by atoms with Gasteiger partial charge in [0.15, 0.2) is 0 Å². The van der Waals surface area contributed by atoms with Crippen LogP contribution in [0.15, 0.2) is 23.2 Å². The van der Waals surface area contributed by atoms with Crippen molar-refractivity contribution < 1.29 is 4.79 Å². The van der Waals surface area contributed by atoms with E-state index in [1.165, 1.54) is 36.0 Å². The van der Waals surface area contributed by atoms with Gasteiger partial charge in [-0.25, -0.2) is 0 Å². The number of aliphatic imine (C=N–C) groups is 1. The van der Waals surface area contributed by atoms with Gasteiger partial charge in [0, 0.05) is 11.8 Å². The summed E-state index contributed by atoms with van der Waals surface area (Å²) in [6, 6.07) is 6.66. The summed E-state index contributed by atoms with van der Waals surface area (Å²) >= 11 is 0. The Hall–Kier alpha value is -1.44. The van der Waals surface area contributed by atoms with Gasteiger partial charge in [-0.2, -0.15) is 0 Å². The minimum atomic E-state index is -0.0993. The maximum atomic E-state index is 13.6. The van der Waals surface area contributed by atoms with E-state index in [1.54, 1.807) is 0 Å². The Bertz CT molecular complexity index is 765. The first kappa shape index (κ1) is 16.7. The molecule has 4 bridgehead atoms. The lowest BCUT2D eigenvalue weighted by Gasteiger charge is -2.56. The molecule has 2 nitrogen and oxygen atoms in total. The van der Waals surface area contributed by atoms with Gasteiger partial charge in [0.2, 0.25) is 0 Å². The summed E-state index contributed by atoms with van der Waals surface area (Å²) in [5, 5.41) is 0. The summed E-state index contributed by atoms with van der Waals surface area (Å²) in [6.45, 7) is 6.56. The molecular weight excluding hydrogens is 318 g/mol. The molecule has 0 amide bonds. The lowest BCUT2D eigenvalue weighted by Crippen LogP contribution is -2.50. The largest absolute Gasteiger partial charge is 0.299 e. The van der Waals surface area contributed by atoms with E-state index in [9.17, 15) is 4.79 Å². The van der Waals surface area contributed by atoms with Gasteiger partial charge in [0.05, 0.1) is 11.3 Å². The van der Waals surface area contributed by atoms with Crippen LogP contribution in [-0.4, -0.2) is 17.0 Å². The van der Waals surface area contributed by atoms with E-state index in [0.29, 0.717) is 12.2 Å². The quantitative estimate of drug-likeness (QED) is 0.728. The summed E-state index contributed by atoms with van der Waals surface area (Å²) in [7, 11) is 0. The Morgan fingerprint density at radius 3 is 2.31 bits per heavy atom. The van der Waals surface area contributed by atoms with Crippen LogP contribution in [0.2, 0.25) is 0 Å². The van der Waals surface area contributed by atoms with Crippen molar-refractivity contribution in [1.29, 1.82) is 0 Å². The van der Waals surface area contributed by atoms with Crippen LogP contribution < -0.4 is 0 Å². The third-order valence-electron chi connectivity index (χ3n) is 7.59. The van der Waals surface area contributed by atoms with Crippen LogP contribution in [0.3, 0.4) is 0 Å². The Morgan fingerprint density at radius 1 is 1.08 bits per heavy atom. The average Bonchev–Trinajstić information content (AvgIpc) is 2.51. The Balaban J connectivity index is 1.45. The first-order valence-electron chi connectivity index (χ1n) is 10.5. The maximum Gasteiger partial charge on any atom is 0.145 e. The Morgan fingerprint density at radius 2 is 1.69 bits per heavy atom. The zero-order valence-electron chi connectivity index (χ0n) is 16.5. The van der Waals surface area contributed by atoms with E-state index >= 15 is 0 Å². The molecule has 138 valence electrons. The third kappa shape index (κ3) is 2.68. The second-order valence-corrected chi connectivity index (χ2v) is 10.5. The highest BCUT2D eigenvalue weighted by Crippen LogP contribution is 2.60. The number of rotatable bonds is 3. The van der Waals surface area contributed by atoms with E-state index in [0.717, 1.165) is 49.1 Å². The van der Waals surface area contributed by atoms with Gasteiger partial charge in [0.25, 0.3) is 0 Å². The number of ketones is 1. The minimum Gasteiger partial charge on any atom is -0.299 e. The van der Waals surface area contributed by atoms with Gasteiger partial charge in [-0.05, 0) is 94.6 Å². The average molecular weight is 350 g/mol. The molecule has 26 heavy (non-hydrogen) atoms. The summed E-state index contributed by atoms with van der Waals surface area (Å²) in [5.41, 5.74) is 4.85. The number of benzene rings is 1. The highest BCUT2D eigenvalue weighted by Gasteiger charge is 2.54. The molecular formula is C24H31NO. The van der Waals surface area contributed by atoms with Crippen molar-refractivity contribution in [2.45, 2.75) is 77.7 Å². The number of nitrogens with zero attached hydrogens (tertiary/aromatic N) is 1. The zero-order valence-corrected chi connectivity index (χ0v) is 16.5. The predicted molar refractivity (Wildman–Crippen MR) is 106 cm³/mol. The molecule has 0 radical (unpaired) electrons. The van der Waals surface area contributed by atoms with Gasteiger partial charge in [0.1, 0.15) is 5.78 Å². The first-order chi connectivity index (χ1) is 12.3. The van der Waals surface area contributed by atoms with E-state index in [-0.39, 0.29) is 11.0 Å². The van der Waals surface area contributed by atoms with Gasteiger partial charge in [-0.1, -0.05) is 23.8 Å². The molecule has 0 N–H and O–H groups in total. The first-order valence-corrected chi connectivity index (χ1v) is 10.5. The lowest BCUT2D eigenvalue weighted by atomic mass is 9.48. The van der Waals surface area contributed by atoms with E-state index < -0.39 is 0 Å². The van der Waals surface area contributed by atoms with E-state index in [4.69, 9.17) is 4.99 Å². The predicted octanol–water partition coefficient (Wildman–Crippen LogP) is 5.29. The van der Waals surface area contributed by atoms with Crippen molar-refractivity contribution in [2.75, 3.05) is 0 Å². The van der Waals surface area contributed by atoms with Crippen LogP contribution in [0, 0.1) is 30.1 Å². The number of Topliss-reactive ketones (excluding diaryl/α,β-unsaturated/α-hetero) is 1. The second-order valence-electron chi connectivity index (χ2n) is 10.5. The monoisotopic (exact) mass is 349 g/mol. The fraction of sp³-hybridized carbons (Fsp3) is 0.667. The maximum absolute atomic E-state index is 13.6. The fourth-order valence-electron chi connectivity index (χ4n) is 7.01. The molecule has 0 aromatic heterocycles. The summed E-state index contributed by atoms with van der Waals surface area (Å²) in [4.78, 5) is 18.6. The number of carbonyl (C=O) groups is 1. The molecule has 1 aromatic rings. The van der Waals surface area contributed by atoms with Crippen LogP contribution in [0.25, 0.3) is 0 Å². The third-order valence-corrected chi connectivity index (χ3v) is 7.59. The highest BCUT2D eigenvalue weighted by molar-refractivity contribution is 6.13. The minimum absolute atomic E-state index is 0.0102. The molecule has 0 atom stereocenters. The molecule has 4 saturated carbocycles. The van der Waals surface area contributed by atoms with Crippen LogP contribution in [0.1, 0.15) is 75.5 Å².